The molecule has 5 amide bonds. The second-order valence-corrected chi connectivity index (χ2v) is 19.3. The minimum absolute atomic E-state index is 0.00494. The van der Waals surface area contributed by atoms with Crippen LogP contribution in [0.25, 0.3) is 11.1 Å². The lowest BCUT2D eigenvalue weighted by molar-refractivity contribution is -0.132. The number of anilines is 2. The quantitative estimate of drug-likeness (QED) is 0.0154. The van der Waals surface area contributed by atoms with Gasteiger partial charge in [0.05, 0.1) is 25.4 Å². The Hall–Kier alpha value is -6.41. The first-order chi connectivity index (χ1) is 37.4. The van der Waals surface area contributed by atoms with E-state index < -0.39 is 123 Å². The number of amides is 5. The third kappa shape index (κ3) is 22.7. The summed E-state index contributed by atoms with van der Waals surface area (Å²) in [6.45, 7) is 0.218. The number of carboxylic acid groups (broad SMARTS) is 1. The van der Waals surface area contributed by atoms with Crippen molar-refractivity contribution in [3.8, 4) is 11.1 Å². The molecule has 0 bridgehead atoms. The summed E-state index contributed by atoms with van der Waals surface area (Å²) < 4.78 is 0. The van der Waals surface area contributed by atoms with Crippen molar-refractivity contribution in [2.24, 2.45) is 10.7 Å². The van der Waals surface area contributed by atoms with Crippen molar-refractivity contribution in [1.82, 2.24) is 41.5 Å². The van der Waals surface area contributed by atoms with Gasteiger partial charge in [-0.3, -0.25) is 34.4 Å². The number of hydrogen-bond donors (Lipinski definition) is 19. The molecule has 0 aliphatic carbocycles. The Morgan fingerprint density at radius 1 is 0.633 bits per heavy atom. The number of aliphatic hydroxyl groups excluding tert-OH is 10. The first-order valence-electron chi connectivity index (χ1n) is 25.5. The number of nitrogen functional groups attached to an aromatic ring is 2. The average Bonchev–Trinajstić information content (AvgIpc) is 3.42. The van der Waals surface area contributed by atoms with Crippen molar-refractivity contribution in [1.29, 1.82) is 0 Å². The van der Waals surface area contributed by atoms with Gasteiger partial charge in [-0.1, -0.05) is 60.1 Å². The summed E-state index contributed by atoms with van der Waals surface area (Å²) >= 11 is 5.84. The second kappa shape index (κ2) is 33.9. The predicted molar refractivity (Wildman–Crippen MR) is 289 cm³/mol. The van der Waals surface area contributed by atoms with E-state index in [1.807, 2.05) is 53.8 Å². The summed E-state index contributed by atoms with van der Waals surface area (Å²) in [5, 5.41) is 122. The van der Waals surface area contributed by atoms with Gasteiger partial charge >= 0.3 is 6.09 Å². The Morgan fingerprint density at radius 3 is 1.65 bits per heavy atom. The van der Waals surface area contributed by atoms with Crippen molar-refractivity contribution in [2.45, 2.75) is 132 Å². The van der Waals surface area contributed by atoms with Crippen LogP contribution in [0.1, 0.15) is 74.0 Å². The van der Waals surface area contributed by atoms with E-state index in [2.05, 4.69) is 36.2 Å². The zero-order valence-electron chi connectivity index (χ0n) is 43.9. The van der Waals surface area contributed by atoms with Crippen LogP contribution in [-0.4, -0.2) is 220 Å². The number of unbranched alkanes of at least 4 members (excludes halogenated alkanes) is 2. The van der Waals surface area contributed by atoms with Gasteiger partial charge in [-0.25, -0.2) is 14.8 Å². The zero-order valence-corrected chi connectivity index (χ0v) is 44.7. The SMILES string of the molecule is CC(NC(=O)O)C(=O)NC(C)C(=O)NC(CCCCN(CC(O)C(O)C(O)C(O)CO)CC(O)C(O)C(O)C(O)CO)C(=O)NCCCc1ccc(-c2ccc(CCCCN=C(N)NC(=O)c3nc(Cl)c(N)nc3N)cc2)cc1. The Bertz CT molecular complexity index is 2400. The average molecular weight is 1140 g/mol. The van der Waals surface area contributed by atoms with Gasteiger partial charge in [-0.2, -0.15) is 0 Å². The first-order valence-corrected chi connectivity index (χ1v) is 25.9. The normalized spacial score (nSPS) is 16.0. The molecule has 0 aliphatic heterocycles. The number of aliphatic imine (C=N–C) groups is 1. The maximum atomic E-state index is 13.7. The molecule has 28 nitrogen and oxygen atoms in total. The standard InChI is InChI=1S/C50H77ClN12O16/c1-26(57-45(74)27(2)58-50(78)79)46(75)59-32(10-4-6-21-63(22-33(66)38(70)40(72)35(68)24-64)23-34(67)39(71)41(73)36(69)25-65)47(76)55-20-7-9-29-13-17-31(18-14-29)30-15-11-28(12-16-30)8-3-5-19-56-49(54)62-48(77)37-43(52)61-44(53)42(51)60-37/h11-18,26-27,32-36,38-41,58,64-73H,3-10,19-25H2,1-2H3,(H,55,76)(H,57,74)(H,59,75)(H,78,79)(H4,52,53,61)(H3,54,56,62,77). The number of carbonyl (C=O) groups excluding carboxylic acids is 4. The first kappa shape index (κ1) is 66.9. The smallest absolute Gasteiger partial charge is 0.405 e. The number of benzene rings is 2. The fourth-order valence-corrected chi connectivity index (χ4v) is 7.98. The molecule has 79 heavy (non-hydrogen) atoms. The van der Waals surface area contributed by atoms with Crippen molar-refractivity contribution in [3.63, 3.8) is 0 Å². The van der Waals surface area contributed by atoms with Crippen LogP contribution >= 0.6 is 11.6 Å². The molecule has 2 aromatic carbocycles. The summed E-state index contributed by atoms with van der Waals surface area (Å²) in [7, 11) is 0. The van der Waals surface area contributed by atoms with E-state index in [9.17, 15) is 75.0 Å². The van der Waals surface area contributed by atoms with Gasteiger partial charge in [0.25, 0.3) is 5.91 Å². The molecule has 0 saturated carbocycles. The number of halogens is 1. The number of guanidine groups is 1. The lowest BCUT2D eigenvalue weighted by Gasteiger charge is -2.33. The highest BCUT2D eigenvalue weighted by atomic mass is 35.5. The van der Waals surface area contributed by atoms with Crippen LogP contribution < -0.4 is 43.8 Å². The van der Waals surface area contributed by atoms with Gasteiger partial charge in [0, 0.05) is 26.2 Å². The number of aryl methyl sites for hydroxylation is 2. The summed E-state index contributed by atoms with van der Waals surface area (Å²) in [4.78, 5) is 76.1. The van der Waals surface area contributed by atoms with Gasteiger partial charge < -0.3 is 94.6 Å². The largest absolute Gasteiger partial charge is 0.465 e. The highest BCUT2D eigenvalue weighted by Crippen LogP contribution is 2.22. The van der Waals surface area contributed by atoms with Crippen molar-refractivity contribution >= 4 is 58.9 Å². The molecule has 11 atom stereocenters. The van der Waals surface area contributed by atoms with E-state index >= 15 is 0 Å². The highest BCUT2D eigenvalue weighted by Gasteiger charge is 2.35. The molecule has 1 aromatic heterocycles. The van der Waals surface area contributed by atoms with E-state index in [-0.39, 0.29) is 60.8 Å². The molecular formula is C50H77ClN12O16. The van der Waals surface area contributed by atoms with E-state index in [0.717, 1.165) is 35.1 Å². The van der Waals surface area contributed by atoms with E-state index in [1.165, 1.54) is 18.7 Å². The minimum atomic E-state index is -2.00. The van der Waals surface area contributed by atoms with Crippen molar-refractivity contribution in [3.05, 3.63) is 70.5 Å². The maximum Gasteiger partial charge on any atom is 0.405 e. The Morgan fingerprint density at radius 2 is 1.13 bits per heavy atom. The van der Waals surface area contributed by atoms with Gasteiger partial charge in [-0.15, -0.1) is 0 Å². The molecule has 0 spiro atoms. The van der Waals surface area contributed by atoms with Crippen LogP contribution in [0.3, 0.4) is 0 Å². The van der Waals surface area contributed by atoms with Gasteiger partial charge in [0.2, 0.25) is 17.7 Å². The molecular weight excluding hydrogens is 1060 g/mol. The number of hydrogen-bond acceptors (Lipinski definition) is 21. The molecule has 29 heteroatoms. The van der Waals surface area contributed by atoms with E-state index in [1.54, 1.807) is 0 Å². The van der Waals surface area contributed by atoms with E-state index in [4.69, 9.17) is 33.9 Å². The fraction of sp³-hybridized carbons (Fsp3) is 0.560. The molecule has 0 aliphatic rings. The van der Waals surface area contributed by atoms with E-state index in [0.29, 0.717) is 25.8 Å². The summed E-state index contributed by atoms with van der Waals surface area (Å²) in [6.07, 6.45) is -13.0. The molecule has 0 saturated heterocycles. The summed E-state index contributed by atoms with van der Waals surface area (Å²) in [5.41, 5.74) is 21.0. The molecule has 0 fully saturated rings. The lowest BCUT2D eigenvalue weighted by Crippen LogP contribution is -2.55. The molecule has 0 radical (unpaired) electrons. The molecule has 11 unspecified atom stereocenters. The second-order valence-electron chi connectivity index (χ2n) is 18.9. The summed E-state index contributed by atoms with van der Waals surface area (Å²) in [5.74, 6) is -3.29. The van der Waals surface area contributed by atoms with Gasteiger partial charge in [0.1, 0.15) is 54.7 Å². The number of nitrogens with two attached hydrogens (primary N) is 3. The van der Waals surface area contributed by atoms with Crippen LogP contribution in [0.2, 0.25) is 5.15 Å². The maximum absolute atomic E-state index is 13.7. The molecule has 22 N–H and O–H groups in total. The third-order valence-corrected chi connectivity index (χ3v) is 12.9. The Labute approximate surface area is 461 Å². The molecule has 3 aromatic rings. The van der Waals surface area contributed by atoms with Crippen LogP contribution in [0.5, 0.6) is 0 Å². The van der Waals surface area contributed by atoms with Crippen LogP contribution in [-0.2, 0) is 27.2 Å². The van der Waals surface area contributed by atoms with Crippen molar-refractivity contribution < 1.29 is 80.1 Å². The monoisotopic (exact) mass is 1140 g/mol. The fourth-order valence-electron chi connectivity index (χ4n) is 7.85. The number of aliphatic hydroxyl groups is 10. The Balaban J connectivity index is 1.59. The highest BCUT2D eigenvalue weighted by molar-refractivity contribution is 6.31. The van der Waals surface area contributed by atoms with Crippen molar-refractivity contribution in [2.75, 3.05) is 57.4 Å². The lowest BCUT2D eigenvalue weighted by atomic mass is 9.99. The van der Waals surface area contributed by atoms with Gasteiger partial charge in [-0.05, 0) is 94.0 Å². The zero-order chi connectivity index (χ0) is 58.9. The van der Waals surface area contributed by atoms with Gasteiger partial charge in [0.15, 0.2) is 28.4 Å². The van der Waals surface area contributed by atoms with Crippen LogP contribution in [0.4, 0.5) is 16.4 Å². The van der Waals surface area contributed by atoms with Crippen LogP contribution in [0.15, 0.2) is 53.5 Å². The van der Waals surface area contributed by atoms with Crippen LogP contribution in [0, 0.1) is 0 Å². The number of carbonyl (C=O) groups is 5. The predicted octanol–water partition coefficient (Wildman–Crippen LogP) is -3.93. The Kier molecular flexibility index (Phi) is 28.7. The number of rotatable bonds is 34. The topological polar surface area (TPSA) is 487 Å². The summed E-state index contributed by atoms with van der Waals surface area (Å²) in [6, 6.07) is 12.4. The number of nitrogens with zero attached hydrogens (tertiary/aromatic N) is 4. The number of aromatic nitrogens is 2. The number of nitrogens with one attached hydrogen (secondary N) is 5. The molecule has 3 rings (SSSR count). The minimum Gasteiger partial charge on any atom is -0.465 e. The molecule has 440 valence electrons. The molecule has 1 heterocycles. The third-order valence-electron chi connectivity index (χ3n) is 12.6.